The molecule has 1 atom stereocenters. The number of rotatable bonds is 3. The predicted octanol–water partition coefficient (Wildman–Crippen LogP) is 1.45. The van der Waals surface area contributed by atoms with Crippen LogP contribution in [-0.2, 0) is 6.54 Å². The fourth-order valence-corrected chi connectivity index (χ4v) is 2.69. The summed E-state index contributed by atoms with van der Waals surface area (Å²) in [5.74, 6) is 0. The zero-order valence-corrected chi connectivity index (χ0v) is 12.1. The topological polar surface area (TPSA) is 62.4 Å². The summed E-state index contributed by atoms with van der Waals surface area (Å²) in [5.41, 5.74) is 6.95. The Hall–Kier alpha value is -1.04. The van der Waals surface area contributed by atoms with Gasteiger partial charge in [-0.1, -0.05) is 18.3 Å². The van der Waals surface area contributed by atoms with Crippen molar-refractivity contribution in [3.63, 3.8) is 0 Å². The van der Waals surface area contributed by atoms with Gasteiger partial charge in [0.1, 0.15) is 10.7 Å². The lowest BCUT2D eigenvalue weighted by atomic mass is 9.98. The predicted molar refractivity (Wildman–Crippen MR) is 79.9 cm³/mol. The molecular weight excluding hydrogens is 258 g/mol. The second-order valence-electron chi connectivity index (χ2n) is 5.50. The van der Waals surface area contributed by atoms with Gasteiger partial charge in [-0.2, -0.15) is 0 Å². The Balaban J connectivity index is 2.07. The van der Waals surface area contributed by atoms with Crippen molar-refractivity contribution in [2.24, 2.45) is 5.73 Å². The van der Waals surface area contributed by atoms with Crippen LogP contribution in [0.15, 0.2) is 18.3 Å². The average Bonchev–Trinajstić information content (AvgIpc) is 2.51. The second-order valence-corrected chi connectivity index (χ2v) is 5.94. The molecule has 0 spiro atoms. The van der Waals surface area contributed by atoms with Crippen LogP contribution in [0.2, 0.25) is 0 Å². The SMILES string of the molecule is CC1(O)CCCN(Cc2cccnc2C(N)=S)CC1. The van der Waals surface area contributed by atoms with E-state index in [1.807, 2.05) is 19.1 Å². The van der Waals surface area contributed by atoms with E-state index in [0.29, 0.717) is 10.7 Å². The highest BCUT2D eigenvalue weighted by Crippen LogP contribution is 2.22. The van der Waals surface area contributed by atoms with Crippen LogP contribution in [0.25, 0.3) is 0 Å². The van der Waals surface area contributed by atoms with Crippen molar-refractivity contribution < 1.29 is 5.11 Å². The number of hydrogen-bond acceptors (Lipinski definition) is 4. The van der Waals surface area contributed by atoms with E-state index in [2.05, 4.69) is 9.88 Å². The van der Waals surface area contributed by atoms with Crippen LogP contribution in [0.4, 0.5) is 0 Å². The molecule has 0 radical (unpaired) electrons. The Morgan fingerprint density at radius 1 is 1.53 bits per heavy atom. The number of pyridine rings is 1. The third-order valence-corrected chi connectivity index (χ3v) is 3.87. The van der Waals surface area contributed by atoms with E-state index in [0.717, 1.165) is 44.5 Å². The van der Waals surface area contributed by atoms with E-state index in [1.54, 1.807) is 6.20 Å². The molecule has 5 heteroatoms. The Morgan fingerprint density at radius 2 is 2.32 bits per heavy atom. The molecule has 19 heavy (non-hydrogen) atoms. The minimum absolute atomic E-state index is 0.345. The van der Waals surface area contributed by atoms with Gasteiger partial charge in [0.15, 0.2) is 0 Å². The maximum Gasteiger partial charge on any atom is 0.123 e. The van der Waals surface area contributed by atoms with Gasteiger partial charge >= 0.3 is 0 Å². The van der Waals surface area contributed by atoms with Crippen LogP contribution in [0.1, 0.15) is 37.4 Å². The first-order chi connectivity index (χ1) is 8.98. The molecule has 0 amide bonds. The molecule has 2 rings (SSSR count). The van der Waals surface area contributed by atoms with Gasteiger partial charge in [0, 0.05) is 19.3 Å². The Morgan fingerprint density at radius 3 is 3.05 bits per heavy atom. The van der Waals surface area contributed by atoms with Gasteiger partial charge in [0.25, 0.3) is 0 Å². The lowest BCUT2D eigenvalue weighted by molar-refractivity contribution is 0.0444. The summed E-state index contributed by atoms with van der Waals surface area (Å²) < 4.78 is 0. The molecule has 1 unspecified atom stereocenters. The number of nitrogens with zero attached hydrogens (tertiary/aromatic N) is 2. The van der Waals surface area contributed by atoms with Crippen LogP contribution >= 0.6 is 12.2 Å². The number of hydrogen-bond donors (Lipinski definition) is 2. The fraction of sp³-hybridized carbons (Fsp3) is 0.571. The van der Waals surface area contributed by atoms with E-state index >= 15 is 0 Å². The summed E-state index contributed by atoms with van der Waals surface area (Å²) in [6.07, 6.45) is 4.38. The van der Waals surface area contributed by atoms with E-state index in [1.165, 1.54) is 0 Å². The third-order valence-electron chi connectivity index (χ3n) is 3.67. The number of aliphatic hydroxyl groups is 1. The molecule has 4 nitrogen and oxygen atoms in total. The smallest absolute Gasteiger partial charge is 0.123 e. The largest absolute Gasteiger partial charge is 0.390 e. The average molecular weight is 279 g/mol. The Kier molecular flexibility index (Phi) is 4.50. The molecular formula is C14H21N3OS. The van der Waals surface area contributed by atoms with Crippen LogP contribution in [0, 0.1) is 0 Å². The monoisotopic (exact) mass is 279 g/mol. The summed E-state index contributed by atoms with van der Waals surface area (Å²) in [5, 5.41) is 10.1. The molecule has 0 saturated carbocycles. The van der Waals surface area contributed by atoms with Crippen molar-refractivity contribution in [2.75, 3.05) is 13.1 Å². The molecule has 0 bridgehead atoms. The zero-order chi connectivity index (χ0) is 13.9. The van der Waals surface area contributed by atoms with Crippen molar-refractivity contribution in [3.8, 4) is 0 Å². The molecule has 3 N–H and O–H groups in total. The van der Waals surface area contributed by atoms with Crippen molar-refractivity contribution in [1.29, 1.82) is 0 Å². The summed E-state index contributed by atoms with van der Waals surface area (Å²) >= 11 is 5.04. The fourth-order valence-electron chi connectivity index (χ4n) is 2.51. The molecule has 104 valence electrons. The van der Waals surface area contributed by atoms with E-state index in [9.17, 15) is 5.11 Å². The maximum atomic E-state index is 10.1. The van der Waals surface area contributed by atoms with Gasteiger partial charge in [0.05, 0.1) is 5.60 Å². The highest BCUT2D eigenvalue weighted by molar-refractivity contribution is 7.80. The first-order valence-corrected chi connectivity index (χ1v) is 7.07. The zero-order valence-electron chi connectivity index (χ0n) is 11.3. The number of likely N-dealkylation sites (tertiary alicyclic amines) is 1. The lowest BCUT2D eigenvalue weighted by Crippen LogP contribution is -2.29. The van der Waals surface area contributed by atoms with E-state index in [4.69, 9.17) is 18.0 Å². The number of thiocarbonyl (C=S) groups is 1. The second kappa shape index (κ2) is 5.94. The van der Waals surface area contributed by atoms with Crippen LogP contribution in [-0.4, -0.2) is 38.7 Å². The minimum Gasteiger partial charge on any atom is -0.390 e. The Bertz CT molecular complexity index is 462. The lowest BCUT2D eigenvalue weighted by Gasteiger charge is -2.23. The summed E-state index contributed by atoms with van der Waals surface area (Å²) in [6.45, 7) is 4.58. The van der Waals surface area contributed by atoms with E-state index in [-0.39, 0.29) is 0 Å². The standard InChI is InChI=1S/C14H21N3OS/c1-14(18)5-3-8-17(9-6-14)10-11-4-2-7-16-12(11)13(15)19/h2,4,7,18H,3,5-6,8-10H2,1H3,(H2,15,19). The van der Waals surface area contributed by atoms with Gasteiger partial charge in [0.2, 0.25) is 0 Å². The van der Waals surface area contributed by atoms with Gasteiger partial charge in [-0.3, -0.25) is 9.88 Å². The highest BCUT2D eigenvalue weighted by atomic mass is 32.1. The van der Waals surface area contributed by atoms with Crippen molar-refractivity contribution in [1.82, 2.24) is 9.88 Å². The molecule has 2 heterocycles. The molecule has 1 fully saturated rings. The molecule has 1 aliphatic rings. The summed E-state index contributed by atoms with van der Waals surface area (Å²) in [6, 6.07) is 3.93. The van der Waals surface area contributed by atoms with Gasteiger partial charge < -0.3 is 10.8 Å². The molecule has 1 saturated heterocycles. The number of aromatic nitrogens is 1. The first kappa shape index (κ1) is 14.4. The van der Waals surface area contributed by atoms with E-state index < -0.39 is 5.60 Å². The van der Waals surface area contributed by atoms with Gasteiger partial charge in [-0.05, 0) is 44.4 Å². The van der Waals surface area contributed by atoms with Crippen molar-refractivity contribution in [3.05, 3.63) is 29.6 Å². The maximum absolute atomic E-state index is 10.1. The third kappa shape index (κ3) is 3.96. The normalized spacial score (nSPS) is 24.9. The summed E-state index contributed by atoms with van der Waals surface area (Å²) in [4.78, 5) is 6.93. The molecule has 1 aliphatic heterocycles. The van der Waals surface area contributed by atoms with Crippen LogP contribution in [0.5, 0.6) is 0 Å². The van der Waals surface area contributed by atoms with Crippen LogP contribution < -0.4 is 5.73 Å². The molecule has 0 aromatic carbocycles. The number of nitrogens with two attached hydrogens (primary N) is 1. The van der Waals surface area contributed by atoms with Crippen LogP contribution in [0.3, 0.4) is 0 Å². The Labute approximate surface area is 119 Å². The minimum atomic E-state index is -0.532. The molecule has 1 aromatic rings. The van der Waals surface area contributed by atoms with Crippen molar-refractivity contribution >= 4 is 17.2 Å². The first-order valence-electron chi connectivity index (χ1n) is 6.66. The van der Waals surface area contributed by atoms with Crippen molar-refractivity contribution in [2.45, 2.75) is 38.3 Å². The molecule has 1 aromatic heterocycles. The van der Waals surface area contributed by atoms with Gasteiger partial charge in [-0.15, -0.1) is 0 Å². The summed E-state index contributed by atoms with van der Waals surface area (Å²) in [7, 11) is 0. The quantitative estimate of drug-likeness (QED) is 0.820. The highest BCUT2D eigenvalue weighted by Gasteiger charge is 2.25. The molecule has 0 aliphatic carbocycles. The van der Waals surface area contributed by atoms with Gasteiger partial charge in [-0.25, -0.2) is 0 Å².